The fourth-order valence-corrected chi connectivity index (χ4v) is 5.11. The van der Waals surface area contributed by atoms with E-state index in [2.05, 4.69) is 22.9 Å². The van der Waals surface area contributed by atoms with Crippen LogP contribution in [0.2, 0.25) is 0 Å². The first-order valence-corrected chi connectivity index (χ1v) is 12.8. The molecule has 1 heterocycles. The van der Waals surface area contributed by atoms with Crippen LogP contribution in [0.25, 0.3) is 5.57 Å². The number of carboxylic acid groups (broad SMARTS) is 1. The van der Waals surface area contributed by atoms with Crippen LogP contribution in [0.5, 0.6) is 0 Å². The maximum atomic E-state index is 13.1. The summed E-state index contributed by atoms with van der Waals surface area (Å²) in [6, 6.07) is 7.83. The van der Waals surface area contributed by atoms with Crippen LogP contribution in [0, 0.1) is 6.92 Å². The lowest BCUT2D eigenvalue weighted by molar-refractivity contribution is -0.138. The molecule has 1 aliphatic carbocycles. The summed E-state index contributed by atoms with van der Waals surface area (Å²) in [5.41, 5.74) is 4.08. The summed E-state index contributed by atoms with van der Waals surface area (Å²) < 4.78 is 6.43. The molecule has 1 aliphatic rings. The van der Waals surface area contributed by atoms with Gasteiger partial charge in [0.25, 0.3) is 5.91 Å². The van der Waals surface area contributed by atoms with Crippen LogP contribution in [-0.2, 0) is 22.5 Å². The van der Waals surface area contributed by atoms with E-state index in [1.165, 1.54) is 17.3 Å². The van der Waals surface area contributed by atoms with E-state index in [0.717, 1.165) is 35.6 Å². The highest BCUT2D eigenvalue weighted by atomic mass is 32.2. The minimum atomic E-state index is -0.865. The molecule has 188 valence electrons. The van der Waals surface area contributed by atoms with Crippen molar-refractivity contribution < 1.29 is 19.4 Å². The Bertz CT molecular complexity index is 1120. The van der Waals surface area contributed by atoms with Gasteiger partial charge in [-0.15, -0.1) is 11.8 Å². The number of ether oxygens (including phenoxy) is 1. The van der Waals surface area contributed by atoms with Crippen molar-refractivity contribution in [1.29, 1.82) is 0 Å². The third-order valence-corrected chi connectivity index (χ3v) is 7.48. The summed E-state index contributed by atoms with van der Waals surface area (Å²) in [6.45, 7) is 8.74. The van der Waals surface area contributed by atoms with Crippen LogP contribution >= 0.6 is 11.8 Å². The van der Waals surface area contributed by atoms with Gasteiger partial charge in [-0.2, -0.15) is 0 Å². The lowest BCUT2D eigenvalue weighted by Crippen LogP contribution is -2.29. The minimum Gasteiger partial charge on any atom is -0.480 e. The molecule has 1 aromatic carbocycles. The first-order valence-electron chi connectivity index (χ1n) is 11.9. The standard InChI is InChI=1S/C27H35N3O4S/c1-6-19-8-12-21(13-9-19)28-25(31)23-18(2)30(16-7-17-34-5)24(29-23)20-10-14-22(15-11-20)35-27(3,4)26(32)33/h8-14,22H,6-7,15-17H2,1-5H3,(H,28,31)(H,32,33). The zero-order valence-corrected chi connectivity index (χ0v) is 21.9. The second kappa shape index (κ2) is 11.7. The van der Waals surface area contributed by atoms with Crippen molar-refractivity contribution in [2.75, 3.05) is 19.0 Å². The number of allylic oxidation sites excluding steroid dienone is 3. The van der Waals surface area contributed by atoms with Gasteiger partial charge >= 0.3 is 5.97 Å². The molecule has 0 radical (unpaired) electrons. The van der Waals surface area contributed by atoms with Gasteiger partial charge in [0.05, 0.1) is 0 Å². The lowest BCUT2D eigenvalue weighted by atomic mass is 10.1. The van der Waals surface area contributed by atoms with E-state index in [9.17, 15) is 14.7 Å². The second-order valence-corrected chi connectivity index (χ2v) is 11.0. The zero-order chi connectivity index (χ0) is 25.6. The van der Waals surface area contributed by atoms with E-state index in [0.29, 0.717) is 25.3 Å². The molecular weight excluding hydrogens is 462 g/mol. The third-order valence-electron chi connectivity index (χ3n) is 6.07. The summed E-state index contributed by atoms with van der Waals surface area (Å²) in [4.78, 5) is 29.4. The summed E-state index contributed by atoms with van der Waals surface area (Å²) in [5.74, 6) is -0.326. The molecule has 0 fully saturated rings. The molecule has 35 heavy (non-hydrogen) atoms. The Hall–Kier alpha value is -2.84. The Morgan fingerprint density at radius 3 is 2.57 bits per heavy atom. The van der Waals surface area contributed by atoms with Gasteiger partial charge < -0.3 is 19.7 Å². The van der Waals surface area contributed by atoms with Crippen molar-refractivity contribution in [3.05, 3.63) is 65.3 Å². The molecule has 8 heteroatoms. The average molecular weight is 498 g/mol. The summed E-state index contributed by atoms with van der Waals surface area (Å²) >= 11 is 1.43. The summed E-state index contributed by atoms with van der Waals surface area (Å²) in [6.07, 6.45) is 8.53. The number of anilines is 1. The number of carboxylic acids is 1. The first kappa shape index (κ1) is 26.8. The molecule has 0 bridgehead atoms. The molecule has 0 aliphatic heterocycles. The second-order valence-electron chi connectivity index (χ2n) is 9.10. The van der Waals surface area contributed by atoms with Crippen molar-refractivity contribution in [2.24, 2.45) is 0 Å². The van der Waals surface area contributed by atoms with Crippen molar-refractivity contribution in [3.8, 4) is 0 Å². The molecule has 3 rings (SSSR count). The number of rotatable bonds is 11. The van der Waals surface area contributed by atoms with Crippen molar-refractivity contribution in [3.63, 3.8) is 0 Å². The van der Waals surface area contributed by atoms with Gasteiger partial charge in [0.15, 0.2) is 0 Å². The number of aryl methyl sites for hydroxylation is 1. The van der Waals surface area contributed by atoms with E-state index in [4.69, 9.17) is 9.72 Å². The molecule has 1 amide bonds. The molecule has 1 atom stereocenters. The SMILES string of the molecule is CCc1ccc(NC(=O)c2nc(C3=CCC(SC(C)(C)C(=O)O)C=C3)n(CCCOC)c2C)cc1. The van der Waals surface area contributed by atoms with Gasteiger partial charge in [-0.3, -0.25) is 9.59 Å². The predicted molar refractivity (Wildman–Crippen MR) is 142 cm³/mol. The van der Waals surface area contributed by atoms with E-state index < -0.39 is 10.7 Å². The number of imidazole rings is 1. The predicted octanol–water partition coefficient (Wildman–Crippen LogP) is 5.35. The molecule has 2 aromatic rings. The smallest absolute Gasteiger partial charge is 0.319 e. The van der Waals surface area contributed by atoms with Gasteiger partial charge in [0.2, 0.25) is 0 Å². The number of benzene rings is 1. The fraction of sp³-hybridized carbons (Fsp3) is 0.444. The van der Waals surface area contributed by atoms with Gasteiger partial charge in [0.1, 0.15) is 16.3 Å². The van der Waals surface area contributed by atoms with Crippen LogP contribution < -0.4 is 5.32 Å². The summed E-state index contributed by atoms with van der Waals surface area (Å²) in [7, 11) is 1.67. The van der Waals surface area contributed by atoms with Gasteiger partial charge in [-0.05, 0) is 57.7 Å². The molecule has 0 spiro atoms. The van der Waals surface area contributed by atoms with Crippen LogP contribution in [0.3, 0.4) is 0 Å². The Kier molecular flexibility index (Phi) is 8.97. The van der Waals surface area contributed by atoms with Gasteiger partial charge in [0, 0.05) is 42.5 Å². The summed E-state index contributed by atoms with van der Waals surface area (Å²) in [5, 5.41) is 12.5. The molecule has 1 aromatic heterocycles. The number of aromatic nitrogens is 2. The number of carbonyl (C=O) groups excluding carboxylic acids is 1. The Labute approximate surface area is 211 Å². The van der Waals surface area contributed by atoms with Crippen molar-refractivity contribution in [2.45, 2.75) is 63.5 Å². The number of nitrogens with one attached hydrogen (secondary N) is 1. The number of methoxy groups -OCH3 is 1. The maximum absolute atomic E-state index is 13.1. The number of amides is 1. The lowest BCUT2D eigenvalue weighted by Gasteiger charge is -2.25. The number of nitrogens with zero attached hydrogens (tertiary/aromatic N) is 2. The highest BCUT2D eigenvalue weighted by Crippen LogP contribution is 2.35. The molecule has 0 saturated carbocycles. The van der Waals surface area contributed by atoms with Gasteiger partial charge in [-0.25, -0.2) is 4.98 Å². The average Bonchev–Trinajstić information content (AvgIpc) is 3.16. The van der Waals surface area contributed by atoms with E-state index in [1.807, 2.05) is 43.3 Å². The van der Waals surface area contributed by atoms with E-state index >= 15 is 0 Å². The zero-order valence-electron chi connectivity index (χ0n) is 21.1. The van der Waals surface area contributed by atoms with E-state index in [-0.39, 0.29) is 11.2 Å². The number of carbonyl (C=O) groups is 2. The fourth-order valence-electron chi connectivity index (χ4n) is 3.91. The Morgan fingerprint density at radius 2 is 2.00 bits per heavy atom. The van der Waals surface area contributed by atoms with Crippen LogP contribution in [0.1, 0.15) is 61.2 Å². The Morgan fingerprint density at radius 1 is 1.29 bits per heavy atom. The molecular formula is C27H35N3O4S. The molecule has 2 N–H and O–H groups in total. The highest BCUT2D eigenvalue weighted by molar-refractivity contribution is 8.02. The normalized spacial score (nSPS) is 15.7. The largest absolute Gasteiger partial charge is 0.480 e. The number of hydrogen-bond donors (Lipinski definition) is 2. The monoisotopic (exact) mass is 497 g/mol. The minimum absolute atomic E-state index is 0.0664. The van der Waals surface area contributed by atoms with Crippen LogP contribution in [-0.4, -0.2) is 50.2 Å². The quantitative estimate of drug-likeness (QED) is 0.407. The van der Waals surface area contributed by atoms with Gasteiger partial charge in [-0.1, -0.05) is 37.3 Å². The molecule has 1 unspecified atom stereocenters. The maximum Gasteiger partial charge on any atom is 0.319 e. The number of aliphatic carboxylic acids is 1. The van der Waals surface area contributed by atoms with Crippen molar-refractivity contribution in [1.82, 2.24) is 9.55 Å². The van der Waals surface area contributed by atoms with Crippen LogP contribution in [0.15, 0.2) is 42.5 Å². The highest BCUT2D eigenvalue weighted by Gasteiger charge is 2.31. The number of thioether (sulfide) groups is 1. The topological polar surface area (TPSA) is 93.5 Å². The van der Waals surface area contributed by atoms with Crippen LogP contribution in [0.4, 0.5) is 5.69 Å². The number of hydrogen-bond acceptors (Lipinski definition) is 5. The molecule has 0 saturated heterocycles. The third kappa shape index (κ3) is 6.64. The Balaban J connectivity index is 1.84. The first-order chi connectivity index (χ1) is 16.7. The van der Waals surface area contributed by atoms with E-state index in [1.54, 1.807) is 21.0 Å². The molecule has 7 nitrogen and oxygen atoms in total. The van der Waals surface area contributed by atoms with Crippen molar-refractivity contribution >= 4 is 34.9 Å².